The smallest absolute Gasteiger partial charge is 0.246 e. The minimum absolute atomic E-state index is 0.0585. The molecule has 8 heteroatoms. The molecule has 0 aromatic carbocycles. The number of rotatable bonds is 4. The molecule has 1 saturated heterocycles. The van der Waals surface area contributed by atoms with Crippen molar-refractivity contribution in [1.82, 2.24) is 14.1 Å². The highest BCUT2D eigenvalue weighted by Gasteiger charge is 2.41. The van der Waals surface area contributed by atoms with Crippen LogP contribution in [0.3, 0.4) is 0 Å². The molecule has 2 aromatic rings. The minimum atomic E-state index is -3.62. The van der Waals surface area contributed by atoms with Crippen LogP contribution < -0.4 is 0 Å². The Bertz CT molecular complexity index is 809. The van der Waals surface area contributed by atoms with Gasteiger partial charge in [0.2, 0.25) is 10.0 Å². The highest BCUT2D eigenvalue weighted by atomic mass is 32.2. The zero-order valence-electron chi connectivity index (χ0n) is 13.4. The number of sulfonamides is 1. The number of aliphatic hydroxyl groups excluding tert-OH is 1. The van der Waals surface area contributed by atoms with Gasteiger partial charge in [0.05, 0.1) is 6.20 Å². The lowest BCUT2D eigenvalue weighted by atomic mass is 9.92. The van der Waals surface area contributed by atoms with Gasteiger partial charge in [-0.2, -0.15) is 9.40 Å². The van der Waals surface area contributed by atoms with Gasteiger partial charge in [0.15, 0.2) is 0 Å². The molecule has 2 atom stereocenters. The van der Waals surface area contributed by atoms with Crippen LogP contribution in [-0.4, -0.2) is 47.3 Å². The molecular formula is C15H21N3O4S. The molecule has 0 amide bonds. The topological polar surface area (TPSA) is 88.6 Å². The van der Waals surface area contributed by atoms with E-state index in [-0.39, 0.29) is 23.3 Å². The third kappa shape index (κ3) is 2.82. The van der Waals surface area contributed by atoms with E-state index >= 15 is 0 Å². The minimum Gasteiger partial charge on any atom is -0.465 e. The van der Waals surface area contributed by atoms with Gasteiger partial charge in [-0.15, -0.1) is 0 Å². The molecule has 7 nitrogen and oxygen atoms in total. The fourth-order valence-electron chi connectivity index (χ4n) is 3.22. The monoisotopic (exact) mass is 339 g/mol. The van der Waals surface area contributed by atoms with Crippen molar-refractivity contribution in [2.75, 3.05) is 19.7 Å². The fourth-order valence-corrected chi connectivity index (χ4v) is 4.97. The van der Waals surface area contributed by atoms with E-state index in [0.717, 1.165) is 5.56 Å². The third-order valence-corrected chi connectivity index (χ3v) is 6.35. The highest BCUT2D eigenvalue weighted by molar-refractivity contribution is 7.89. The Morgan fingerprint density at radius 2 is 2.13 bits per heavy atom. The zero-order valence-corrected chi connectivity index (χ0v) is 14.2. The van der Waals surface area contributed by atoms with Crippen molar-refractivity contribution in [3.05, 3.63) is 35.5 Å². The lowest BCUT2D eigenvalue weighted by Crippen LogP contribution is -2.29. The summed E-state index contributed by atoms with van der Waals surface area (Å²) in [5.74, 6) is 0.773. The Hall–Kier alpha value is -1.64. The molecule has 3 rings (SSSR count). The predicted molar refractivity (Wildman–Crippen MR) is 83.5 cm³/mol. The van der Waals surface area contributed by atoms with Crippen molar-refractivity contribution in [1.29, 1.82) is 0 Å². The van der Waals surface area contributed by atoms with Crippen molar-refractivity contribution in [3.8, 4) is 0 Å². The summed E-state index contributed by atoms with van der Waals surface area (Å²) < 4.78 is 34.2. The zero-order chi connectivity index (χ0) is 16.8. The summed E-state index contributed by atoms with van der Waals surface area (Å²) in [7, 11) is -1.81. The predicted octanol–water partition coefficient (Wildman–Crippen LogP) is 1.03. The highest BCUT2D eigenvalue weighted by Crippen LogP contribution is 2.36. The summed E-state index contributed by atoms with van der Waals surface area (Å²) in [6.45, 7) is 3.95. The second-order valence-corrected chi connectivity index (χ2v) is 8.00. The molecule has 1 fully saturated rings. The van der Waals surface area contributed by atoms with Crippen LogP contribution in [0.25, 0.3) is 0 Å². The van der Waals surface area contributed by atoms with E-state index in [4.69, 9.17) is 4.42 Å². The normalized spacial score (nSPS) is 22.8. The molecule has 0 radical (unpaired) electrons. The van der Waals surface area contributed by atoms with Crippen LogP contribution in [0.5, 0.6) is 0 Å². The molecule has 3 heterocycles. The number of aryl methyl sites for hydroxylation is 3. The number of furan rings is 1. The molecule has 1 aliphatic heterocycles. The number of hydrogen-bond acceptors (Lipinski definition) is 5. The quantitative estimate of drug-likeness (QED) is 0.899. The van der Waals surface area contributed by atoms with Gasteiger partial charge in [-0.1, -0.05) is 0 Å². The van der Waals surface area contributed by atoms with Gasteiger partial charge in [0.25, 0.3) is 0 Å². The summed E-state index contributed by atoms with van der Waals surface area (Å²) in [4.78, 5) is 0.207. The fraction of sp³-hybridized carbons (Fsp3) is 0.533. The van der Waals surface area contributed by atoms with Crippen LogP contribution in [0.2, 0.25) is 0 Å². The number of aromatic nitrogens is 2. The molecule has 0 saturated carbocycles. The summed E-state index contributed by atoms with van der Waals surface area (Å²) in [5.41, 5.74) is 0.948. The first kappa shape index (κ1) is 16.2. The maximum atomic E-state index is 12.9. The number of aliphatic hydroxyl groups is 1. The standard InChI is InChI=1S/C15H21N3O4S/c1-10-4-15(11(2)22-10)23(20,21)18-7-13(9-19)14(8-18)12-5-16-17(3)6-12/h4-6,13-14,19H,7-9H2,1-3H3/t13-,14-/m0/s1. The van der Waals surface area contributed by atoms with Gasteiger partial charge in [-0.25, -0.2) is 8.42 Å². The Labute approximate surface area is 135 Å². The van der Waals surface area contributed by atoms with Crippen LogP contribution in [0.1, 0.15) is 23.0 Å². The van der Waals surface area contributed by atoms with Crippen LogP contribution in [0.15, 0.2) is 27.8 Å². The lowest BCUT2D eigenvalue weighted by molar-refractivity contribution is 0.223. The first-order valence-corrected chi connectivity index (χ1v) is 8.93. The maximum absolute atomic E-state index is 12.9. The van der Waals surface area contributed by atoms with Crippen LogP contribution in [0.4, 0.5) is 0 Å². The van der Waals surface area contributed by atoms with E-state index in [1.54, 1.807) is 30.8 Å². The van der Waals surface area contributed by atoms with Gasteiger partial charge < -0.3 is 9.52 Å². The van der Waals surface area contributed by atoms with Gasteiger partial charge in [-0.3, -0.25) is 4.68 Å². The Balaban J connectivity index is 1.91. The molecule has 0 spiro atoms. The molecular weight excluding hydrogens is 318 g/mol. The Morgan fingerprint density at radius 3 is 2.65 bits per heavy atom. The van der Waals surface area contributed by atoms with E-state index < -0.39 is 10.0 Å². The van der Waals surface area contributed by atoms with Crippen LogP contribution >= 0.6 is 0 Å². The molecule has 0 aliphatic carbocycles. The summed E-state index contributed by atoms with van der Waals surface area (Å²) >= 11 is 0. The van der Waals surface area contributed by atoms with Gasteiger partial charge in [0, 0.05) is 44.8 Å². The molecule has 126 valence electrons. The van der Waals surface area contributed by atoms with Crippen molar-refractivity contribution in [2.24, 2.45) is 13.0 Å². The van der Waals surface area contributed by atoms with Crippen LogP contribution in [0, 0.1) is 19.8 Å². The van der Waals surface area contributed by atoms with E-state index in [0.29, 0.717) is 24.6 Å². The van der Waals surface area contributed by atoms with Gasteiger partial charge in [0.1, 0.15) is 16.4 Å². The Morgan fingerprint density at radius 1 is 1.39 bits per heavy atom. The van der Waals surface area contributed by atoms with E-state index in [1.165, 1.54) is 4.31 Å². The van der Waals surface area contributed by atoms with Crippen molar-refractivity contribution >= 4 is 10.0 Å². The SMILES string of the molecule is Cc1cc(S(=O)(=O)N2C[C@@H](CO)[C@H](c3cnn(C)c3)C2)c(C)o1. The van der Waals surface area contributed by atoms with Gasteiger partial charge >= 0.3 is 0 Å². The summed E-state index contributed by atoms with van der Waals surface area (Å²) in [5, 5.41) is 13.8. The van der Waals surface area contributed by atoms with E-state index in [2.05, 4.69) is 5.10 Å². The molecule has 0 bridgehead atoms. The third-order valence-electron chi connectivity index (χ3n) is 4.41. The molecule has 23 heavy (non-hydrogen) atoms. The molecule has 1 aliphatic rings. The number of hydrogen-bond donors (Lipinski definition) is 1. The second kappa shape index (κ2) is 5.77. The van der Waals surface area contributed by atoms with Gasteiger partial charge in [-0.05, 0) is 25.5 Å². The van der Waals surface area contributed by atoms with E-state index in [1.807, 2.05) is 13.2 Å². The van der Waals surface area contributed by atoms with Crippen LogP contribution in [-0.2, 0) is 17.1 Å². The maximum Gasteiger partial charge on any atom is 0.246 e. The van der Waals surface area contributed by atoms with E-state index in [9.17, 15) is 13.5 Å². The van der Waals surface area contributed by atoms with Crippen molar-refractivity contribution in [3.63, 3.8) is 0 Å². The largest absolute Gasteiger partial charge is 0.465 e. The Kier molecular flexibility index (Phi) is 4.07. The lowest BCUT2D eigenvalue weighted by Gasteiger charge is -2.15. The second-order valence-electron chi connectivity index (χ2n) is 6.10. The van der Waals surface area contributed by atoms with Crippen molar-refractivity contribution in [2.45, 2.75) is 24.7 Å². The first-order chi connectivity index (χ1) is 10.8. The number of nitrogens with zero attached hydrogens (tertiary/aromatic N) is 3. The molecule has 1 N–H and O–H groups in total. The summed E-state index contributed by atoms with van der Waals surface area (Å²) in [6, 6.07) is 1.55. The average Bonchev–Trinajstić information content (AvgIpc) is 3.16. The summed E-state index contributed by atoms with van der Waals surface area (Å²) in [6.07, 6.45) is 3.60. The van der Waals surface area contributed by atoms with Crippen molar-refractivity contribution < 1.29 is 17.9 Å². The first-order valence-electron chi connectivity index (χ1n) is 7.49. The molecule has 0 unspecified atom stereocenters. The average molecular weight is 339 g/mol. The molecule has 2 aromatic heterocycles.